The summed E-state index contributed by atoms with van der Waals surface area (Å²) in [5.41, 5.74) is 1.87. The van der Waals surface area contributed by atoms with Gasteiger partial charge in [0.2, 0.25) is 0 Å². The van der Waals surface area contributed by atoms with E-state index in [2.05, 4.69) is 17.8 Å². The molecule has 0 aliphatic heterocycles. The van der Waals surface area contributed by atoms with Gasteiger partial charge in [-0.05, 0) is 5.56 Å². The molecular formula is C14H12O. The summed E-state index contributed by atoms with van der Waals surface area (Å²) in [6.45, 7) is 0.411. The zero-order valence-electron chi connectivity index (χ0n) is 8.66. The van der Waals surface area contributed by atoms with Gasteiger partial charge in [-0.3, -0.25) is 0 Å². The Kier molecular flexibility index (Phi) is 4.81. The number of hydrogen-bond acceptors (Lipinski definition) is 1. The highest BCUT2D eigenvalue weighted by atomic mass is 16.5. The van der Waals surface area contributed by atoms with Crippen LogP contribution in [0.4, 0.5) is 0 Å². The first-order valence-electron chi connectivity index (χ1n) is 4.58. The van der Waals surface area contributed by atoms with E-state index in [-0.39, 0.29) is 0 Å². The highest BCUT2D eigenvalue weighted by Crippen LogP contribution is 2.11. The van der Waals surface area contributed by atoms with E-state index in [9.17, 15) is 0 Å². The molecule has 0 aromatic heterocycles. The first kappa shape index (κ1) is 11.1. The van der Waals surface area contributed by atoms with Crippen molar-refractivity contribution in [2.24, 2.45) is 0 Å². The minimum absolute atomic E-state index is 0.411. The number of rotatable bonds is 2. The Morgan fingerprint density at radius 1 is 1.40 bits per heavy atom. The number of methoxy groups -OCH3 is 1. The van der Waals surface area contributed by atoms with Crippen LogP contribution in [0.2, 0.25) is 0 Å². The van der Waals surface area contributed by atoms with Crippen LogP contribution in [-0.4, -0.2) is 13.7 Å². The van der Waals surface area contributed by atoms with Gasteiger partial charge in [-0.15, -0.1) is 6.42 Å². The molecule has 0 heterocycles. The molecule has 1 aromatic rings. The molecule has 0 N–H and O–H groups in total. The smallest absolute Gasteiger partial charge is 0.107 e. The van der Waals surface area contributed by atoms with E-state index in [0.717, 1.165) is 11.1 Å². The van der Waals surface area contributed by atoms with E-state index in [0.29, 0.717) is 6.61 Å². The second-order valence-electron chi connectivity index (χ2n) is 2.83. The van der Waals surface area contributed by atoms with Crippen LogP contribution in [0.25, 0.3) is 5.57 Å². The summed E-state index contributed by atoms with van der Waals surface area (Å²) < 4.78 is 4.85. The molecule has 1 heteroatoms. The van der Waals surface area contributed by atoms with Gasteiger partial charge in [0, 0.05) is 18.8 Å². The maximum atomic E-state index is 5.25. The molecule has 74 valence electrons. The van der Waals surface area contributed by atoms with Crippen LogP contribution in [0.5, 0.6) is 0 Å². The Bertz CT molecular complexity index is 424. The number of terminal acetylenes is 1. The van der Waals surface area contributed by atoms with Gasteiger partial charge < -0.3 is 4.74 Å². The molecule has 0 atom stereocenters. The van der Waals surface area contributed by atoms with Gasteiger partial charge in [0.1, 0.15) is 6.61 Å². The van der Waals surface area contributed by atoms with E-state index >= 15 is 0 Å². The lowest BCUT2D eigenvalue weighted by atomic mass is 10.1. The average molecular weight is 196 g/mol. The van der Waals surface area contributed by atoms with Crippen molar-refractivity contribution >= 4 is 5.57 Å². The molecule has 1 rings (SSSR count). The van der Waals surface area contributed by atoms with Crippen molar-refractivity contribution in [2.75, 3.05) is 13.7 Å². The summed E-state index contributed by atoms with van der Waals surface area (Å²) in [6.07, 6.45) is 6.91. The molecule has 1 aromatic carbocycles. The lowest BCUT2D eigenvalue weighted by Gasteiger charge is -1.97. The summed E-state index contributed by atoms with van der Waals surface area (Å²) in [5, 5.41) is 0. The van der Waals surface area contributed by atoms with Crippen LogP contribution >= 0.6 is 0 Å². The highest BCUT2D eigenvalue weighted by molar-refractivity contribution is 5.80. The standard InChI is InChI=1S/C14H12O/c1-3-8-13(11-7-12-15-2)14-9-5-4-6-10-14/h1,4-6,8-10H,12H2,2H3/b13-8-. The third-order valence-corrected chi connectivity index (χ3v) is 1.75. The fourth-order valence-corrected chi connectivity index (χ4v) is 1.10. The Morgan fingerprint density at radius 2 is 2.13 bits per heavy atom. The highest BCUT2D eigenvalue weighted by Gasteiger charge is 1.94. The molecule has 0 saturated heterocycles. The van der Waals surface area contributed by atoms with Crippen LogP contribution < -0.4 is 0 Å². The maximum Gasteiger partial charge on any atom is 0.107 e. The van der Waals surface area contributed by atoms with Crippen LogP contribution in [0.15, 0.2) is 36.4 Å². The molecule has 0 fully saturated rings. The van der Waals surface area contributed by atoms with E-state index in [1.165, 1.54) is 0 Å². The molecule has 0 saturated carbocycles. The second kappa shape index (κ2) is 6.49. The van der Waals surface area contributed by atoms with Gasteiger partial charge in [0.25, 0.3) is 0 Å². The van der Waals surface area contributed by atoms with E-state index < -0.39 is 0 Å². The number of ether oxygens (including phenoxy) is 1. The van der Waals surface area contributed by atoms with Gasteiger partial charge >= 0.3 is 0 Å². The van der Waals surface area contributed by atoms with Gasteiger partial charge in [-0.25, -0.2) is 0 Å². The Balaban J connectivity index is 2.93. The predicted molar refractivity (Wildman–Crippen MR) is 62.9 cm³/mol. The van der Waals surface area contributed by atoms with Gasteiger partial charge in [-0.1, -0.05) is 48.1 Å². The van der Waals surface area contributed by atoms with Gasteiger partial charge in [-0.2, -0.15) is 0 Å². The van der Waals surface area contributed by atoms with Crippen LogP contribution in [-0.2, 0) is 4.74 Å². The number of hydrogen-bond donors (Lipinski definition) is 0. The Hall–Kier alpha value is -1.96. The molecule has 0 bridgehead atoms. The van der Waals surface area contributed by atoms with E-state index in [4.69, 9.17) is 11.2 Å². The van der Waals surface area contributed by atoms with Gasteiger partial charge in [0.05, 0.1) is 0 Å². The lowest BCUT2D eigenvalue weighted by Crippen LogP contribution is -1.84. The summed E-state index contributed by atoms with van der Waals surface area (Å²) in [4.78, 5) is 0. The average Bonchev–Trinajstić information content (AvgIpc) is 2.29. The lowest BCUT2D eigenvalue weighted by molar-refractivity contribution is 0.240. The van der Waals surface area contributed by atoms with Crippen molar-refractivity contribution in [1.82, 2.24) is 0 Å². The molecule has 0 radical (unpaired) electrons. The van der Waals surface area contributed by atoms with Crippen LogP contribution in [0.3, 0.4) is 0 Å². The molecule has 0 unspecified atom stereocenters. The largest absolute Gasteiger partial charge is 0.372 e. The normalized spacial score (nSPS) is 10.0. The first-order chi connectivity index (χ1) is 7.38. The fourth-order valence-electron chi connectivity index (χ4n) is 1.10. The van der Waals surface area contributed by atoms with Crippen LogP contribution in [0, 0.1) is 24.2 Å². The summed E-state index contributed by atoms with van der Waals surface area (Å²) in [5.74, 6) is 8.35. The maximum absolute atomic E-state index is 5.25. The minimum atomic E-state index is 0.411. The van der Waals surface area contributed by atoms with Crippen molar-refractivity contribution in [1.29, 1.82) is 0 Å². The van der Waals surface area contributed by atoms with Crippen LogP contribution in [0.1, 0.15) is 5.56 Å². The summed E-state index contributed by atoms with van der Waals surface area (Å²) in [6, 6.07) is 9.82. The van der Waals surface area contributed by atoms with Crippen molar-refractivity contribution in [3.05, 3.63) is 42.0 Å². The molecule has 0 aliphatic carbocycles. The third kappa shape index (κ3) is 3.73. The molecule has 1 nitrogen and oxygen atoms in total. The molecule has 0 spiro atoms. The monoisotopic (exact) mass is 196 g/mol. The van der Waals surface area contributed by atoms with Crippen molar-refractivity contribution in [2.45, 2.75) is 0 Å². The van der Waals surface area contributed by atoms with Gasteiger partial charge in [0.15, 0.2) is 0 Å². The predicted octanol–water partition coefficient (Wildman–Crippen LogP) is 2.35. The number of benzene rings is 1. The topological polar surface area (TPSA) is 9.23 Å². The minimum Gasteiger partial charge on any atom is -0.372 e. The quantitative estimate of drug-likeness (QED) is 0.660. The Labute approximate surface area is 90.8 Å². The zero-order chi connectivity index (χ0) is 10.9. The zero-order valence-corrected chi connectivity index (χ0v) is 8.66. The Morgan fingerprint density at radius 3 is 2.73 bits per heavy atom. The molecule has 15 heavy (non-hydrogen) atoms. The summed E-state index contributed by atoms with van der Waals surface area (Å²) >= 11 is 0. The van der Waals surface area contributed by atoms with Crippen molar-refractivity contribution in [3.8, 4) is 24.2 Å². The van der Waals surface area contributed by atoms with E-state index in [1.807, 2.05) is 30.3 Å². The van der Waals surface area contributed by atoms with Crippen molar-refractivity contribution in [3.63, 3.8) is 0 Å². The number of allylic oxidation sites excluding steroid dienone is 2. The van der Waals surface area contributed by atoms with Crippen molar-refractivity contribution < 1.29 is 4.74 Å². The first-order valence-corrected chi connectivity index (χ1v) is 4.58. The second-order valence-corrected chi connectivity index (χ2v) is 2.83. The summed E-state index contributed by atoms with van der Waals surface area (Å²) in [7, 11) is 1.61. The SMILES string of the molecule is C#C/C=C(/C#CCOC)c1ccccc1. The van der Waals surface area contributed by atoms with E-state index in [1.54, 1.807) is 13.2 Å². The molecule has 0 amide bonds. The molecule has 0 aliphatic rings. The fraction of sp³-hybridized carbons (Fsp3) is 0.143. The third-order valence-electron chi connectivity index (χ3n) is 1.75. The molecular weight excluding hydrogens is 184 g/mol.